The summed E-state index contributed by atoms with van der Waals surface area (Å²) >= 11 is 0. The second-order valence-electron chi connectivity index (χ2n) is 8.33. The van der Waals surface area contributed by atoms with Gasteiger partial charge >= 0.3 is 0 Å². The molecule has 0 spiro atoms. The van der Waals surface area contributed by atoms with Crippen molar-refractivity contribution in [2.75, 3.05) is 6.54 Å². The Morgan fingerprint density at radius 2 is 1.97 bits per heavy atom. The number of para-hydroxylation sites is 1. The summed E-state index contributed by atoms with van der Waals surface area (Å²) in [4.78, 5) is 19.9. The van der Waals surface area contributed by atoms with Gasteiger partial charge in [-0.05, 0) is 50.6 Å². The number of carbonyl (C=O) groups excluding carboxylic acids is 1. The zero-order valence-electron chi connectivity index (χ0n) is 17.7. The number of amides is 1. The number of carbonyl (C=O) groups is 1. The Kier molecular flexibility index (Phi) is 4.40. The van der Waals surface area contributed by atoms with Crippen molar-refractivity contribution >= 4 is 27.8 Å². The van der Waals surface area contributed by atoms with E-state index in [1.807, 2.05) is 30.1 Å². The van der Waals surface area contributed by atoms with Gasteiger partial charge in [0.15, 0.2) is 5.82 Å². The van der Waals surface area contributed by atoms with Crippen LogP contribution in [-0.2, 0) is 13.6 Å². The molecule has 2 aromatic heterocycles. The molecule has 1 saturated heterocycles. The van der Waals surface area contributed by atoms with E-state index >= 15 is 0 Å². The van der Waals surface area contributed by atoms with Crippen molar-refractivity contribution in [1.82, 2.24) is 19.0 Å². The van der Waals surface area contributed by atoms with Crippen LogP contribution in [0, 0.1) is 0 Å². The molecule has 6 heteroatoms. The van der Waals surface area contributed by atoms with Crippen molar-refractivity contribution in [3.8, 4) is 11.5 Å². The van der Waals surface area contributed by atoms with Crippen LogP contribution in [0.5, 0.6) is 0 Å². The predicted octanol–water partition coefficient (Wildman–Crippen LogP) is 3.78. The van der Waals surface area contributed by atoms with E-state index in [0.29, 0.717) is 12.1 Å². The number of fused-ring (bicyclic) bond motifs is 2. The smallest absolute Gasteiger partial charge is 0.254 e. The lowest BCUT2D eigenvalue weighted by atomic mass is 10.1. The van der Waals surface area contributed by atoms with Gasteiger partial charge in [-0.25, -0.2) is 4.98 Å². The molecule has 0 aliphatic carbocycles. The Bertz CT molecular complexity index is 1270. The number of nitrogens with two attached hydrogens (primary N) is 1. The van der Waals surface area contributed by atoms with Crippen LogP contribution in [0.3, 0.4) is 0 Å². The number of hydrogen-bond donors (Lipinski definition) is 1. The molecule has 1 amide bonds. The third-order valence-electron chi connectivity index (χ3n) is 6.35. The van der Waals surface area contributed by atoms with Crippen molar-refractivity contribution in [2.24, 2.45) is 12.8 Å². The molecule has 6 nitrogen and oxygen atoms in total. The molecule has 1 aliphatic rings. The van der Waals surface area contributed by atoms with Crippen LogP contribution in [0.2, 0.25) is 0 Å². The van der Waals surface area contributed by atoms with E-state index in [2.05, 4.69) is 53.3 Å². The predicted molar refractivity (Wildman–Crippen MR) is 120 cm³/mol. The fourth-order valence-corrected chi connectivity index (χ4v) is 4.82. The maximum atomic E-state index is 13.1. The topological polar surface area (TPSA) is 69.1 Å². The minimum absolute atomic E-state index is 0.0345. The van der Waals surface area contributed by atoms with Gasteiger partial charge in [0, 0.05) is 48.7 Å². The molecule has 30 heavy (non-hydrogen) atoms. The molecule has 2 aromatic carbocycles. The Balaban J connectivity index is 1.59. The first-order chi connectivity index (χ1) is 14.5. The van der Waals surface area contributed by atoms with Crippen molar-refractivity contribution in [1.29, 1.82) is 0 Å². The van der Waals surface area contributed by atoms with Gasteiger partial charge < -0.3 is 19.8 Å². The molecule has 3 heterocycles. The van der Waals surface area contributed by atoms with Crippen LogP contribution < -0.4 is 5.73 Å². The lowest BCUT2D eigenvalue weighted by Crippen LogP contribution is -2.35. The van der Waals surface area contributed by atoms with E-state index in [4.69, 9.17) is 10.7 Å². The number of hydrogen-bond acceptors (Lipinski definition) is 3. The second kappa shape index (κ2) is 6.99. The molecule has 5 rings (SSSR count). The second-order valence-corrected chi connectivity index (χ2v) is 8.33. The molecule has 2 N–H and O–H groups in total. The van der Waals surface area contributed by atoms with Gasteiger partial charge in [0.1, 0.15) is 0 Å². The normalized spacial score (nSPS) is 19.3. The van der Waals surface area contributed by atoms with Crippen LogP contribution >= 0.6 is 0 Å². The van der Waals surface area contributed by atoms with Crippen LogP contribution in [0.1, 0.15) is 30.6 Å². The Labute approximate surface area is 175 Å². The third kappa shape index (κ3) is 2.82. The van der Waals surface area contributed by atoms with Crippen LogP contribution in [-0.4, -0.2) is 43.6 Å². The summed E-state index contributed by atoms with van der Waals surface area (Å²) in [7, 11) is 2.03. The number of rotatable bonds is 3. The van der Waals surface area contributed by atoms with Crippen molar-refractivity contribution < 1.29 is 4.79 Å². The van der Waals surface area contributed by atoms with Crippen molar-refractivity contribution in [3.05, 3.63) is 54.1 Å². The van der Waals surface area contributed by atoms with E-state index < -0.39 is 0 Å². The lowest BCUT2D eigenvalue weighted by molar-refractivity contribution is 0.0746. The first-order valence-electron chi connectivity index (χ1n) is 10.6. The maximum Gasteiger partial charge on any atom is 0.254 e. The largest absolute Gasteiger partial charge is 0.338 e. The van der Waals surface area contributed by atoms with E-state index in [1.54, 1.807) is 0 Å². The summed E-state index contributed by atoms with van der Waals surface area (Å²) in [5.74, 6) is 0.941. The summed E-state index contributed by atoms with van der Waals surface area (Å²) in [6, 6.07) is 16.6. The summed E-state index contributed by atoms with van der Waals surface area (Å²) in [5, 5.41) is 1.21. The molecule has 0 saturated carbocycles. The zero-order chi connectivity index (χ0) is 21.0. The highest BCUT2D eigenvalue weighted by Gasteiger charge is 2.31. The molecule has 154 valence electrons. The highest BCUT2D eigenvalue weighted by Crippen LogP contribution is 2.30. The molecule has 1 aliphatic heterocycles. The average Bonchev–Trinajstić information content (AvgIpc) is 3.39. The molecule has 0 unspecified atom stereocenters. The first-order valence-corrected chi connectivity index (χ1v) is 10.6. The molecular formula is C24H27N5O. The van der Waals surface area contributed by atoms with Gasteiger partial charge in [-0.15, -0.1) is 0 Å². The molecule has 0 bridgehead atoms. The minimum atomic E-state index is 0.0345. The fraction of sp³-hybridized carbons (Fsp3) is 0.333. The van der Waals surface area contributed by atoms with Crippen LogP contribution in [0.4, 0.5) is 0 Å². The standard InChI is InChI=1S/C24H27N5O/c1-4-28-20-8-6-5-7-16(20)13-22(28)23-26-19-12-17(9-10-21(19)27(23)3)24(30)29-14-18(25)11-15(29)2/h5-10,12-13,15,18H,4,11,14,25H2,1-3H3/t15-,18+/m0/s1. The number of nitrogens with zero attached hydrogens (tertiary/aromatic N) is 4. The van der Waals surface area contributed by atoms with Gasteiger partial charge in [0.25, 0.3) is 5.91 Å². The summed E-state index contributed by atoms with van der Waals surface area (Å²) < 4.78 is 4.40. The molecular weight excluding hydrogens is 374 g/mol. The number of benzene rings is 2. The van der Waals surface area contributed by atoms with E-state index in [9.17, 15) is 4.79 Å². The maximum absolute atomic E-state index is 13.1. The van der Waals surface area contributed by atoms with Crippen LogP contribution in [0.25, 0.3) is 33.5 Å². The third-order valence-corrected chi connectivity index (χ3v) is 6.35. The van der Waals surface area contributed by atoms with Crippen molar-refractivity contribution in [2.45, 2.75) is 38.9 Å². The first kappa shape index (κ1) is 18.9. The Morgan fingerprint density at radius 1 is 1.17 bits per heavy atom. The monoisotopic (exact) mass is 401 g/mol. The molecule has 0 radical (unpaired) electrons. The van der Waals surface area contributed by atoms with E-state index in [1.165, 1.54) is 10.9 Å². The Hall–Kier alpha value is -3.12. The summed E-state index contributed by atoms with van der Waals surface area (Å²) in [6.07, 6.45) is 0.850. The van der Waals surface area contributed by atoms with E-state index in [-0.39, 0.29) is 18.0 Å². The quantitative estimate of drug-likeness (QED) is 0.568. The van der Waals surface area contributed by atoms with Gasteiger partial charge in [-0.3, -0.25) is 4.79 Å². The van der Waals surface area contributed by atoms with Gasteiger partial charge in [-0.1, -0.05) is 18.2 Å². The number of imidazole rings is 1. The Morgan fingerprint density at radius 3 is 2.70 bits per heavy atom. The number of likely N-dealkylation sites (tertiary alicyclic amines) is 1. The zero-order valence-corrected chi connectivity index (χ0v) is 17.7. The van der Waals surface area contributed by atoms with Crippen molar-refractivity contribution in [3.63, 3.8) is 0 Å². The highest BCUT2D eigenvalue weighted by molar-refractivity contribution is 5.98. The molecule has 1 fully saturated rings. The fourth-order valence-electron chi connectivity index (χ4n) is 4.82. The van der Waals surface area contributed by atoms with Gasteiger partial charge in [-0.2, -0.15) is 0 Å². The van der Waals surface area contributed by atoms with E-state index in [0.717, 1.165) is 35.5 Å². The molecule has 4 aromatic rings. The lowest BCUT2D eigenvalue weighted by Gasteiger charge is -2.21. The summed E-state index contributed by atoms with van der Waals surface area (Å²) in [5.41, 5.74) is 10.9. The SMILES string of the molecule is CCn1c(-c2nc3cc(C(=O)N4C[C@H](N)C[C@@H]4C)ccc3n2C)cc2ccccc21. The van der Waals surface area contributed by atoms with Gasteiger partial charge in [0.05, 0.1) is 16.7 Å². The number of aromatic nitrogens is 3. The molecule has 2 atom stereocenters. The summed E-state index contributed by atoms with van der Waals surface area (Å²) in [6.45, 7) is 5.69. The average molecular weight is 402 g/mol. The highest BCUT2D eigenvalue weighted by atomic mass is 16.2. The van der Waals surface area contributed by atoms with Gasteiger partial charge in [0.2, 0.25) is 0 Å². The number of aryl methyl sites for hydroxylation is 2. The van der Waals surface area contributed by atoms with Crippen LogP contribution in [0.15, 0.2) is 48.5 Å². The minimum Gasteiger partial charge on any atom is -0.338 e.